The van der Waals surface area contributed by atoms with Gasteiger partial charge in [0.1, 0.15) is 36.3 Å². The van der Waals surface area contributed by atoms with Crippen molar-refractivity contribution >= 4 is 58.3 Å². The first-order valence-corrected chi connectivity index (χ1v) is 23.3. The molecule has 17 heteroatoms. The van der Waals surface area contributed by atoms with Gasteiger partial charge in [0.2, 0.25) is 35.4 Å². The molecule has 0 aliphatic heterocycles. The van der Waals surface area contributed by atoms with Crippen LogP contribution in [0.5, 0.6) is 0 Å². The van der Waals surface area contributed by atoms with Gasteiger partial charge in [-0.3, -0.25) is 33.6 Å². The first-order valence-electron chi connectivity index (χ1n) is 23.3. The van der Waals surface area contributed by atoms with Gasteiger partial charge in [-0.25, -0.2) is 4.79 Å². The summed E-state index contributed by atoms with van der Waals surface area (Å²) in [7, 11) is 0. The molecule has 0 aliphatic rings. The molecule has 3 aromatic carbocycles. The smallest absolute Gasteiger partial charge is 0.326 e. The summed E-state index contributed by atoms with van der Waals surface area (Å²) in [6.45, 7) is 12.2. The lowest BCUT2D eigenvalue weighted by molar-refractivity contribution is -0.142. The number of nitrogens with one attached hydrogen (secondary N) is 7. The van der Waals surface area contributed by atoms with E-state index in [-0.39, 0.29) is 25.2 Å². The molecule has 0 fully saturated rings. The summed E-state index contributed by atoms with van der Waals surface area (Å²) in [5.74, 6) is -9.17. The van der Waals surface area contributed by atoms with E-state index in [0.717, 1.165) is 22.0 Å². The zero-order chi connectivity index (χ0) is 50.1. The van der Waals surface area contributed by atoms with Gasteiger partial charge in [-0.15, -0.1) is 0 Å². The van der Waals surface area contributed by atoms with Gasteiger partial charge < -0.3 is 47.1 Å². The molecule has 1 aromatic heterocycles. The van der Waals surface area contributed by atoms with Gasteiger partial charge >= 0.3 is 11.9 Å². The number of carboxylic acids is 2. The minimum absolute atomic E-state index is 0.0475. The Morgan fingerprint density at radius 2 is 1.01 bits per heavy atom. The normalized spacial score (nSPS) is 14.8. The largest absolute Gasteiger partial charge is 0.481 e. The first-order chi connectivity index (χ1) is 32.4. The number of rotatable bonds is 26. The maximum atomic E-state index is 14.4. The molecule has 0 saturated carbocycles. The molecule has 366 valence electrons. The van der Waals surface area contributed by atoms with Crippen molar-refractivity contribution in [1.29, 1.82) is 0 Å². The van der Waals surface area contributed by atoms with Crippen LogP contribution < -0.4 is 31.9 Å². The Kier molecular flexibility index (Phi) is 20.3. The van der Waals surface area contributed by atoms with Crippen LogP contribution >= 0.6 is 0 Å². The third kappa shape index (κ3) is 15.0. The zero-order valence-corrected chi connectivity index (χ0v) is 39.8. The third-order valence-corrected chi connectivity index (χ3v) is 12.2. The minimum Gasteiger partial charge on any atom is -0.481 e. The maximum Gasteiger partial charge on any atom is 0.326 e. The van der Waals surface area contributed by atoms with Crippen molar-refractivity contribution in [3.05, 3.63) is 108 Å². The van der Waals surface area contributed by atoms with Crippen molar-refractivity contribution in [1.82, 2.24) is 36.9 Å². The predicted molar refractivity (Wildman–Crippen MR) is 257 cm³/mol. The van der Waals surface area contributed by atoms with Crippen LogP contribution in [0.2, 0.25) is 0 Å². The summed E-state index contributed by atoms with van der Waals surface area (Å²) in [6.07, 6.45) is 1.64. The topological polar surface area (TPSA) is 265 Å². The number of carboxylic acid groups (broad SMARTS) is 2. The molecular weight excluding hydrogens is 871 g/mol. The van der Waals surface area contributed by atoms with E-state index in [1.165, 1.54) is 0 Å². The molecule has 0 spiro atoms. The van der Waals surface area contributed by atoms with Crippen molar-refractivity contribution in [2.24, 2.45) is 17.8 Å². The molecule has 6 amide bonds. The second kappa shape index (κ2) is 25.8. The van der Waals surface area contributed by atoms with Gasteiger partial charge in [0, 0.05) is 35.9 Å². The van der Waals surface area contributed by atoms with E-state index in [4.69, 9.17) is 0 Å². The Morgan fingerprint density at radius 3 is 1.53 bits per heavy atom. The summed E-state index contributed by atoms with van der Waals surface area (Å²) in [6, 6.07) is 17.4. The highest BCUT2D eigenvalue weighted by molar-refractivity contribution is 5.98. The number of carbonyl (C=O) groups is 8. The number of aromatic amines is 1. The Hall–Kier alpha value is -7.04. The van der Waals surface area contributed by atoms with Gasteiger partial charge in [-0.2, -0.15) is 0 Å². The SMILES string of the molecule is CCC(=O)N[C@H](C(=O)N[C@@H](CC(C)C)C(=O)N[C@@H](CC(=O)O)C(=O)N[C@H](C(=O)N[C@H](C(=O)N[C@@H](Cc1c[nH]c2ccccc12)C(=O)O)[C@@H](C)CC)[C@@H](C)CC)C(c1ccccc1)c1ccccc1. The van der Waals surface area contributed by atoms with E-state index in [1.54, 1.807) is 40.8 Å². The van der Waals surface area contributed by atoms with Crippen molar-refractivity contribution in [2.45, 2.75) is 129 Å². The molecule has 0 bridgehead atoms. The fraction of sp³-hybridized carbons (Fsp3) is 0.451. The monoisotopic (exact) mass is 937 g/mol. The number of carbonyl (C=O) groups excluding carboxylic acids is 6. The summed E-state index contributed by atoms with van der Waals surface area (Å²) < 4.78 is 0. The molecule has 8 atom stereocenters. The predicted octanol–water partition coefficient (Wildman–Crippen LogP) is 4.56. The van der Waals surface area contributed by atoms with E-state index < -0.39 is 108 Å². The molecule has 0 radical (unpaired) electrons. The van der Waals surface area contributed by atoms with Crippen LogP contribution in [0.25, 0.3) is 10.9 Å². The quantitative estimate of drug-likeness (QED) is 0.0424. The highest BCUT2D eigenvalue weighted by Gasteiger charge is 2.38. The summed E-state index contributed by atoms with van der Waals surface area (Å²) in [5.41, 5.74) is 2.91. The maximum absolute atomic E-state index is 14.4. The zero-order valence-electron chi connectivity index (χ0n) is 39.8. The molecule has 0 saturated heterocycles. The van der Waals surface area contributed by atoms with Crippen molar-refractivity contribution in [3.63, 3.8) is 0 Å². The molecule has 17 nitrogen and oxygen atoms in total. The van der Waals surface area contributed by atoms with Gasteiger partial charge in [-0.1, -0.05) is 140 Å². The number of H-pyrrole nitrogens is 1. The molecule has 68 heavy (non-hydrogen) atoms. The lowest BCUT2D eigenvalue weighted by Gasteiger charge is -2.31. The van der Waals surface area contributed by atoms with Crippen molar-refractivity contribution < 1.29 is 48.6 Å². The number of benzene rings is 3. The lowest BCUT2D eigenvalue weighted by Crippen LogP contribution is -2.61. The van der Waals surface area contributed by atoms with E-state index >= 15 is 0 Å². The third-order valence-electron chi connectivity index (χ3n) is 12.2. The van der Waals surface area contributed by atoms with Crippen LogP contribution in [-0.2, 0) is 44.8 Å². The molecule has 1 heterocycles. The lowest BCUT2D eigenvalue weighted by atomic mass is 9.84. The van der Waals surface area contributed by atoms with Gasteiger partial charge in [0.05, 0.1) is 6.42 Å². The number of amides is 6. The second-order valence-electron chi connectivity index (χ2n) is 17.8. The fourth-order valence-electron chi connectivity index (χ4n) is 7.98. The van der Waals surface area contributed by atoms with Gasteiger partial charge in [-0.05, 0) is 46.9 Å². The molecule has 0 unspecified atom stereocenters. The van der Waals surface area contributed by atoms with Crippen LogP contribution in [-0.4, -0.2) is 98.8 Å². The van der Waals surface area contributed by atoms with Gasteiger partial charge in [0.25, 0.3) is 0 Å². The summed E-state index contributed by atoms with van der Waals surface area (Å²) in [5, 5.41) is 36.9. The van der Waals surface area contributed by atoms with Crippen molar-refractivity contribution in [3.8, 4) is 0 Å². The number of para-hydroxylation sites is 1. The standard InChI is InChI=1S/C51H67N7O10/c1-8-30(6)43(48(64)55-39(51(67)68)26-34-28-52-36-24-18-17-23-35(34)36)58-49(65)44(31(7)9-2)57-47(63)38(27-41(60)61)53-46(62)37(25-29(4)5)54-50(66)45(56-40(59)10-3)42(32-19-13-11-14-20-32)33-21-15-12-16-22-33/h11-24,28-31,37-39,42-45,52H,8-10,25-27H2,1-7H3,(H,53,62)(H,54,66)(H,55,64)(H,56,59)(H,57,63)(H,58,65)(H,60,61)(H,67,68)/t30-,31-,37-,38-,39-,43-,44-,45-/m0/s1. The minimum atomic E-state index is -1.72. The number of aromatic nitrogens is 1. The van der Waals surface area contributed by atoms with Crippen LogP contribution in [0.4, 0.5) is 0 Å². The van der Waals surface area contributed by atoms with Crippen LogP contribution in [0, 0.1) is 17.8 Å². The van der Waals surface area contributed by atoms with Crippen LogP contribution in [0.3, 0.4) is 0 Å². The fourth-order valence-corrected chi connectivity index (χ4v) is 7.98. The van der Waals surface area contributed by atoms with E-state index in [1.807, 2.05) is 98.8 Å². The summed E-state index contributed by atoms with van der Waals surface area (Å²) >= 11 is 0. The Balaban J connectivity index is 1.57. The van der Waals surface area contributed by atoms with Crippen LogP contribution in [0.15, 0.2) is 91.1 Å². The highest BCUT2D eigenvalue weighted by Crippen LogP contribution is 2.29. The highest BCUT2D eigenvalue weighted by atomic mass is 16.4. The van der Waals surface area contributed by atoms with E-state index in [2.05, 4.69) is 36.9 Å². The second-order valence-corrected chi connectivity index (χ2v) is 17.8. The number of fused-ring (bicyclic) bond motifs is 1. The Bertz CT molecular complexity index is 2310. The van der Waals surface area contributed by atoms with E-state index in [0.29, 0.717) is 18.4 Å². The van der Waals surface area contributed by atoms with E-state index in [9.17, 15) is 48.6 Å². The number of hydrogen-bond acceptors (Lipinski definition) is 8. The van der Waals surface area contributed by atoms with Gasteiger partial charge in [0.15, 0.2) is 0 Å². The molecule has 4 aromatic rings. The number of aliphatic carboxylic acids is 2. The Labute approximate surface area is 397 Å². The van der Waals surface area contributed by atoms with Crippen molar-refractivity contribution in [2.75, 3.05) is 0 Å². The molecule has 0 aliphatic carbocycles. The molecular formula is C51H67N7O10. The number of hydrogen-bond donors (Lipinski definition) is 9. The average molecular weight is 938 g/mol. The first kappa shape index (κ1) is 53.6. The molecule has 4 rings (SSSR count). The average Bonchev–Trinajstić information content (AvgIpc) is 3.73. The van der Waals surface area contributed by atoms with Crippen LogP contribution in [0.1, 0.15) is 103 Å². The summed E-state index contributed by atoms with van der Waals surface area (Å²) in [4.78, 5) is 112. The molecule has 9 N–H and O–H groups in total. The Morgan fingerprint density at radius 1 is 0.544 bits per heavy atom.